The highest BCUT2D eigenvalue weighted by Gasteiger charge is 2.20. The van der Waals surface area contributed by atoms with E-state index in [1.54, 1.807) is 19.1 Å². The summed E-state index contributed by atoms with van der Waals surface area (Å²) in [5, 5.41) is 9.22. The first-order chi connectivity index (χ1) is 11.3. The third-order valence-corrected chi connectivity index (χ3v) is 3.49. The Morgan fingerprint density at radius 1 is 1.21 bits per heavy atom. The Labute approximate surface area is 149 Å². The van der Waals surface area contributed by atoms with Crippen molar-refractivity contribution in [2.45, 2.75) is 38.7 Å². The molecule has 24 heavy (non-hydrogen) atoms. The van der Waals surface area contributed by atoms with Crippen molar-refractivity contribution in [3.63, 3.8) is 0 Å². The normalized spacial score (nSPS) is 11.5. The molecular formula is C15H18Cl2N2O5. The molecule has 0 radical (unpaired) electrons. The summed E-state index contributed by atoms with van der Waals surface area (Å²) in [6.07, 6.45) is -0.480. The van der Waals surface area contributed by atoms with Gasteiger partial charge in [0.15, 0.2) is 6.10 Å². The molecule has 0 aliphatic rings. The number of nitrogens with one attached hydrogen (secondary N) is 2. The Kier molecular flexibility index (Phi) is 8.35. The lowest BCUT2D eigenvalue weighted by Gasteiger charge is -2.18. The molecule has 0 spiro atoms. The highest BCUT2D eigenvalue weighted by Crippen LogP contribution is 2.28. The zero-order chi connectivity index (χ0) is 18.1. The van der Waals surface area contributed by atoms with Crippen molar-refractivity contribution in [1.29, 1.82) is 0 Å². The number of halogens is 2. The monoisotopic (exact) mass is 376 g/mol. The maximum atomic E-state index is 12.0. The van der Waals surface area contributed by atoms with Crippen molar-refractivity contribution >= 4 is 41.0 Å². The summed E-state index contributed by atoms with van der Waals surface area (Å²) in [6.45, 7) is 1.73. The van der Waals surface area contributed by atoms with Crippen LogP contribution in [0.2, 0.25) is 10.0 Å². The Morgan fingerprint density at radius 2 is 1.92 bits per heavy atom. The summed E-state index contributed by atoms with van der Waals surface area (Å²) in [5.41, 5.74) is 4.45. The molecule has 9 heteroatoms. The minimum atomic E-state index is -0.982. The summed E-state index contributed by atoms with van der Waals surface area (Å²) in [7, 11) is 0. The number of hydrogen-bond acceptors (Lipinski definition) is 4. The Balaban J connectivity index is 2.50. The molecule has 2 amide bonds. The molecule has 1 rings (SSSR count). The molecular weight excluding hydrogens is 359 g/mol. The molecule has 3 N–H and O–H groups in total. The van der Waals surface area contributed by atoms with Crippen LogP contribution in [0.25, 0.3) is 0 Å². The Morgan fingerprint density at radius 3 is 2.54 bits per heavy atom. The summed E-state index contributed by atoms with van der Waals surface area (Å²) < 4.78 is 5.52. The van der Waals surface area contributed by atoms with E-state index < -0.39 is 23.9 Å². The van der Waals surface area contributed by atoms with Crippen molar-refractivity contribution in [1.82, 2.24) is 10.9 Å². The predicted molar refractivity (Wildman–Crippen MR) is 88.9 cm³/mol. The molecule has 0 saturated carbocycles. The first-order valence-corrected chi connectivity index (χ1v) is 8.01. The van der Waals surface area contributed by atoms with Gasteiger partial charge in [-0.05, 0) is 25.0 Å². The van der Waals surface area contributed by atoms with Gasteiger partial charge in [0, 0.05) is 23.9 Å². The number of carboxylic acids is 1. The summed E-state index contributed by atoms with van der Waals surface area (Å²) in [6, 6.07) is 4.63. The van der Waals surface area contributed by atoms with Gasteiger partial charge in [-0.3, -0.25) is 25.2 Å². The number of benzene rings is 1. The Hall–Kier alpha value is -1.99. The van der Waals surface area contributed by atoms with Gasteiger partial charge in [0.2, 0.25) is 5.91 Å². The molecule has 132 valence electrons. The summed E-state index contributed by atoms with van der Waals surface area (Å²) >= 11 is 11.8. The van der Waals surface area contributed by atoms with Crippen LogP contribution in [0.15, 0.2) is 18.2 Å². The molecule has 0 aliphatic heterocycles. The maximum absolute atomic E-state index is 12.0. The van der Waals surface area contributed by atoms with Crippen molar-refractivity contribution in [3.05, 3.63) is 28.2 Å². The van der Waals surface area contributed by atoms with E-state index in [9.17, 15) is 14.4 Å². The van der Waals surface area contributed by atoms with Crippen LogP contribution < -0.4 is 15.6 Å². The number of hydrazine groups is 1. The minimum absolute atomic E-state index is 0.00957. The van der Waals surface area contributed by atoms with E-state index in [0.717, 1.165) is 0 Å². The van der Waals surface area contributed by atoms with Crippen molar-refractivity contribution in [2.24, 2.45) is 0 Å². The first-order valence-electron chi connectivity index (χ1n) is 7.25. The lowest BCUT2D eigenvalue weighted by Crippen LogP contribution is -2.47. The topological polar surface area (TPSA) is 105 Å². The maximum Gasteiger partial charge on any atom is 0.303 e. The standard InChI is InChI=1S/C15H18Cl2N2O5/c1-2-11(24-12-8-9(16)6-7-10(12)17)15(23)19-18-13(20)4-3-5-14(21)22/h6-8,11H,2-5H2,1H3,(H,18,20)(H,19,23)(H,21,22)/t11-/m1/s1. The van der Waals surface area contributed by atoms with E-state index in [0.29, 0.717) is 16.5 Å². The van der Waals surface area contributed by atoms with Gasteiger partial charge in [0.05, 0.1) is 5.02 Å². The Bertz CT molecular complexity index is 610. The second kappa shape index (κ2) is 10.00. The molecule has 0 heterocycles. The molecule has 0 fully saturated rings. The number of carbonyl (C=O) groups is 3. The van der Waals surface area contributed by atoms with Gasteiger partial charge in [-0.15, -0.1) is 0 Å². The average Bonchev–Trinajstić information content (AvgIpc) is 2.53. The second-order valence-electron chi connectivity index (χ2n) is 4.87. The number of aliphatic carboxylic acids is 1. The molecule has 0 saturated heterocycles. The van der Waals surface area contributed by atoms with Gasteiger partial charge in [0.25, 0.3) is 5.91 Å². The van der Waals surface area contributed by atoms with Gasteiger partial charge in [-0.2, -0.15) is 0 Å². The molecule has 0 aliphatic carbocycles. The average molecular weight is 377 g/mol. The minimum Gasteiger partial charge on any atom is -0.481 e. The zero-order valence-electron chi connectivity index (χ0n) is 13.0. The largest absolute Gasteiger partial charge is 0.481 e. The van der Waals surface area contributed by atoms with Crippen LogP contribution in [0, 0.1) is 0 Å². The van der Waals surface area contributed by atoms with Gasteiger partial charge in [0.1, 0.15) is 5.75 Å². The number of ether oxygens (including phenoxy) is 1. The van der Waals surface area contributed by atoms with Crippen molar-refractivity contribution in [2.75, 3.05) is 0 Å². The molecule has 7 nitrogen and oxygen atoms in total. The molecule has 1 aromatic rings. The van der Waals surface area contributed by atoms with E-state index in [2.05, 4.69) is 10.9 Å². The first kappa shape index (κ1) is 20.1. The number of amides is 2. The van der Waals surface area contributed by atoms with Gasteiger partial charge >= 0.3 is 5.97 Å². The van der Waals surface area contributed by atoms with Crippen molar-refractivity contribution in [3.8, 4) is 5.75 Å². The van der Waals surface area contributed by atoms with Crippen LogP contribution >= 0.6 is 23.2 Å². The smallest absolute Gasteiger partial charge is 0.303 e. The number of rotatable bonds is 8. The molecule has 0 bridgehead atoms. The second-order valence-corrected chi connectivity index (χ2v) is 5.72. The summed E-state index contributed by atoms with van der Waals surface area (Å²) in [4.78, 5) is 33.9. The number of hydrogen-bond donors (Lipinski definition) is 3. The summed E-state index contributed by atoms with van der Waals surface area (Å²) in [5.74, 6) is -1.76. The third-order valence-electron chi connectivity index (χ3n) is 2.95. The zero-order valence-corrected chi connectivity index (χ0v) is 14.5. The molecule has 1 atom stereocenters. The van der Waals surface area contributed by atoms with Crippen LogP contribution in [-0.4, -0.2) is 29.0 Å². The van der Waals surface area contributed by atoms with E-state index >= 15 is 0 Å². The molecule has 0 unspecified atom stereocenters. The van der Waals surface area contributed by atoms with E-state index in [1.165, 1.54) is 6.07 Å². The van der Waals surface area contributed by atoms with Crippen LogP contribution in [-0.2, 0) is 14.4 Å². The van der Waals surface area contributed by atoms with Gasteiger partial charge in [-0.1, -0.05) is 30.1 Å². The lowest BCUT2D eigenvalue weighted by molar-refractivity contribution is -0.137. The number of carbonyl (C=O) groups excluding carboxylic acids is 2. The predicted octanol–water partition coefficient (Wildman–Crippen LogP) is 2.55. The molecule has 0 aromatic heterocycles. The van der Waals surface area contributed by atoms with Crippen LogP contribution in [0.4, 0.5) is 0 Å². The lowest BCUT2D eigenvalue weighted by atomic mass is 10.2. The van der Waals surface area contributed by atoms with Crippen LogP contribution in [0.1, 0.15) is 32.6 Å². The highest BCUT2D eigenvalue weighted by atomic mass is 35.5. The fourth-order valence-electron chi connectivity index (χ4n) is 1.72. The van der Waals surface area contributed by atoms with Crippen LogP contribution in [0.5, 0.6) is 5.75 Å². The van der Waals surface area contributed by atoms with E-state index in [-0.39, 0.29) is 25.0 Å². The SMILES string of the molecule is CC[C@@H](Oc1cc(Cl)ccc1Cl)C(=O)NNC(=O)CCCC(=O)O. The van der Waals surface area contributed by atoms with Gasteiger partial charge < -0.3 is 9.84 Å². The fraction of sp³-hybridized carbons (Fsp3) is 0.400. The van der Waals surface area contributed by atoms with Gasteiger partial charge in [-0.25, -0.2) is 0 Å². The van der Waals surface area contributed by atoms with Crippen molar-refractivity contribution < 1.29 is 24.2 Å². The molecule has 1 aromatic carbocycles. The quantitative estimate of drug-likeness (QED) is 0.604. The van der Waals surface area contributed by atoms with E-state index in [4.69, 9.17) is 33.0 Å². The van der Waals surface area contributed by atoms with Crippen LogP contribution in [0.3, 0.4) is 0 Å². The highest BCUT2D eigenvalue weighted by molar-refractivity contribution is 6.34. The van der Waals surface area contributed by atoms with E-state index in [1.807, 2.05) is 0 Å². The number of carboxylic acid groups (broad SMARTS) is 1. The third kappa shape index (κ3) is 7.06. The fourth-order valence-corrected chi connectivity index (χ4v) is 2.04.